The van der Waals surface area contributed by atoms with Crippen LogP contribution in [0.5, 0.6) is 0 Å². The van der Waals surface area contributed by atoms with Gasteiger partial charge in [-0.2, -0.15) is 0 Å². The highest BCUT2D eigenvalue weighted by molar-refractivity contribution is 5.87. The maximum Gasteiger partial charge on any atom is 0.333 e. The molecule has 4 heteroatoms. The van der Waals surface area contributed by atoms with Gasteiger partial charge in [0, 0.05) is 24.8 Å². The lowest BCUT2D eigenvalue weighted by Gasteiger charge is -2.51. The monoisotopic (exact) mass is 284 g/mol. The zero-order valence-corrected chi connectivity index (χ0v) is 13.2. The van der Waals surface area contributed by atoms with Crippen molar-refractivity contribution in [1.82, 2.24) is 0 Å². The molecular weight excluding hydrogens is 256 g/mol. The van der Waals surface area contributed by atoms with Crippen LogP contribution in [-0.2, 0) is 9.53 Å². The fourth-order valence-corrected chi connectivity index (χ4v) is 3.18. The summed E-state index contributed by atoms with van der Waals surface area (Å²) in [7, 11) is 0. The zero-order valence-electron chi connectivity index (χ0n) is 13.2. The molecule has 4 nitrogen and oxygen atoms in total. The first-order chi connectivity index (χ1) is 9.13. The Bertz CT molecular complexity index is 372. The van der Waals surface area contributed by atoms with Crippen molar-refractivity contribution in [2.45, 2.75) is 83.0 Å². The van der Waals surface area contributed by atoms with E-state index in [0.717, 1.165) is 0 Å². The highest BCUT2D eigenvalue weighted by Crippen LogP contribution is 2.47. The minimum atomic E-state index is -0.992. The van der Waals surface area contributed by atoms with Gasteiger partial charge >= 0.3 is 5.97 Å². The Morgan fingerprint density at radius 3 is 1.80 bits per heavy atom. The fraction of sp³-hybridized carbons (Fsp3) is 0.812. The van der Waals surface area contributed by atoms with E-state index >= 15 is 0 Å². The number of carbonyl (C=O) groups is 1. The number of aliphatic hydroxyl groups is 2. The summed E-state index contributed by atoms with van der Waals surface area (Å²) in [6, 6.07) is 0. The van der Waals surface area contributed by atoms with Gasteiger partial charge in [-0.3, -0.25) is 0 Å². The molecule has 0 aromatic carbocycles. The van der Waals surface area contributed by atoms with E-state index in [9.17, 15) is 15.0 Å². The van der Waals surface area contributed by atoms with E-state index in [1.54, 1.807) is 6.92 Å². The van der Waals surface area contributed by atoms with Crippen molar-refractivity contribution in [3.05, 3.63) is 12.2 Å². The van der Waals surface area contributed by atoms with Crippen molar-refractivity contribution in [1.29, 1.82) is 0 Å². The predicted octanol–water partition coefficient (Wildman–Crippen LogP) is 2.72. The maximum absolute atomic E-state index is 11.9. The average Bonchev–Trinajstić information content (AvgIpc) is 2.37. The third-order valence-electron chi connectivity index (χ3n) is 4.58. The van der Waals surface area contributed by atoms with E-state index in [4.69, 9.17) is 4.74 Å². The summed E-state index contributed by atoms with van der Waals surface area (Å²) < 4.78 is 5.63. The predicted molar refractivity (Wildman–Crippen MR) is 78.3 cm³/mol. The number of ether oxygens (including phenoxy) is 1. The molecule has 20 heavy (non-hydrogen) atoms. The van der Waals surface area contributed by atoms with Crippen LogP contribution >= 0.6 is 0 Å². The second-order valence-corrected chi connectivity index (χ2v) is 6.39. The molecule has 1 saturated carbocycles. The molecule has 1 aliphatic rings. The Morgan fingerprint density at radius 2 is 1.50 bits per heavy atom. The van der Waals surface area contributed by atoms with Gasteiger partial charge in [-0.15, -0.1) is 0 Å². The van der Waals surface area contributed by atoms with Crippen LogP contribution in [0.4, 0.5) is 0 Å². The van der Waals surface area contributed by atoms with E-state index in [1.807, 2.05) is 20.8 Å². The van der Waals surface area contributed by atoms with E-state index in [0.29, 0.717) is 44.1 Å². The topological polar surface area (TPSA) is 66.8 Å². The molecular formula is C16H28O4. The third kappa shape index (κ3) is 3.61. The first-order valence-corrected chi connectivity index (χ1v) is 7.47. The number of rotatable bonds is 5. The van der Waals surface area contributed by atoms with Crippen LogP contribution in [0.15, 0.2) is 12.2 Å². The van der Waals surface area contributed by atoms with Crippen LogP contribution in [0, 0.1) is 0 Å². The van der Waals surface area contributed by atoms with Gasteiger partial charge in [0.2, 0.25) is 0 Å². The van der Waals surface area contributed by atoms with Crippen LogP contribution in [0.3, 0.4) is 0 Å². The average molecular weight is 284 g/mol. The van der Waals surface area contributed by atoms with Gasteiger partial charge in [-0.05, 0) is 26.2 Å². The first-order valence-electron chi connectivity index (χ1n) is 7.47. The number of hydrogen-bond acceptors (Lipinski definition) is 4. The minimum absolute atomic E-state index is 0.333. The molecule has 2 N–H and O–H groups in total. The Morgan fingerprint density at radius 1 is 1.05 bits per heavy atom. The minimum Gasteiger partial charge on any atom is -0.456 e. The van der Waals surface area contributed by atoms with Crippen LogP contribution in [0.2, 0.25) is 0 Å². The van der Waals surface area contributed by atoms with E-state index < -0.39 is 22.8 Å². The summed E-state index contributed by atoms with van der Waals surface area (Å²) in [4.78, 5) is 11.9. The molecule has 0 spiro atoms. The van der Waals surface area contributed by atoms with E-state index in [1.165, 1.54) is 0 Å². The van der Waals surface area contributed by atoms with Gasteiger partial charge in [0.1, 0.15) is 5.60 Å². The zero-order chi connectivity index (χ0) is 15.6. The Hall–Kier alpha value is -0.870. The molecule has 0 bridgehead atoms. The second kappa shape index (κ2) is 5.86. The van der Waals surface area contributed by atoms with Crippen molar-refractivity contribution < 1.29 is 19.7 Å². The number of esters is 1. The van der Waals surface area contributed by atoms with Crippen LogP contribution in [0.1, 0.15) is 66.2 Å². The smallest absolute Gasteiger partial charge is 0.333 e. The highest BCUT2D eigenvalue weighted by Gasteiger charge is 2.53. The molecule has 0 aromatic heterocycles. The molecule has 1 fully saturated rings. The van der Waals surface area contributed by atoms with Gasteiger partial charge in [0.15, 0.2) is 0 Å². The second-order valence-electron chi connectivity index (χ2n) is 6.39. The Balaban J connectivity index is 3.10. The first kappa shape index (κ1) is 17.2. The molecule has 0 radical (unpaired) electrons. The van der Waals surface area contributed by atoms with E-state index in [-0.39, 0.29) is 0 Å². The molecule has 2 atom stereocenters. The summed E-state index contributed by atoms with van der Waals surface area (Å²) in [5.41, 5.74) is -2.46. The Labute approximate surface area is 121 Å². The van der Waals surface area contributed by atoms with Crippen LogP contribution in [0.25, 0.3) is 0 Å². The highest BCUT2D eigenvalue weighted by atomic mass is 16.6. The van der Waals surface area contributed by atoms with Crippen molar-refractivity contribution in [2.24, 2.45) is 0 Å². The lowest BCUT2D eigenvalue weighted by molar-refractivity contribution is -0.202. The standard InChI is InChI=1S/C16H28O4/c1-6-14(18)9-15(19,7-2)11-16(8-3,10-14)20-13(17)12(4)5/h18-19H,4,6-11H2,1-3,5H3. The molecule has 0 heterocycles. The molecule has 0 aromatic rings. The summed E-state index contributed by atoms with van der Waals surface area (Å²) in [5, 5.41) is 21.4. The van der Waals surface area contributed by atoms with Crippen LogP contribution in [-0.4, -0.2) is 33.0 Å². The maximum atomic E-state index is 11.9. The van der Waals surface area contributed by atoms with Crippen molar-refractivity contribution >= 4 is 5.97 Å². The molecule has 0 saturated heterocycles. The number of hydrogen-bond donors (Lipinski definition) is 2. The third-order valence-corrected chi connectivity index (χ3v) is 4.58. The quantitative estimate of drug-likeness (QED) is 0.602. The SMILES string of the molecule is C=C(C)C(=O)OC1(CC)CC(O)(CC)CC(O)(CC)C1. The lowest BCUT2D eigenvalue weighted by atomic mass is 9.65. The number of carbonyl (C=O) groups excluding carboxylic acids is 1. The van der Waals surface area contributed by atoms with Gasteiger partial charge in [0.25, 0.3) is 0 Å². The van der Waals surface area contributed by atoms with Crippen LogP contribution < -0.4 is 0 Å². The van der Waals surface area contributed by atoms with Gasteiger partial charge in [-0.25, -0.2) is 4.79 Å². The van der Waals surface area contributed by atoms with Gasteiger partial charge in [0.05, 0.1) is 11.2 Å². The summed E-state index contributed by atoms with van der Waals surface area (Å²) in [6.45, 7) is 10.9. The van der Waals surface area contributed by atoms with Crippen molar-refractivity contribution in [2.75, 3.05) is 0 Å². The van der Waals surface area contributed by atoms with E-state index in [2.05, 4.69) is 6.58 Å². The summed E-state index contributed by atoms with van der Waals surface area (Å²) in [5.74, 6) is -0.453. The molecule has 116 valence electrons. The van der Waals surface area contributed by atoms with Crippen molar-refractivity contribution in [3.63, 3.8) is 0 Å². The molecule has 1 aliphatic carbocycles. The normalized spacial score (nSPS) is 37.5. The Kier molecular flexibility index (Phi) is 5.03. The molecule has 0 aliphatic heterocycles. The van der Waals surface area contributed by atoms with Gasteiger partial charge < -0.3 is 14.9 Å². The largest absolute Gasteiger partial charge is 0.456 e. The fourth-order valence-electron chi connectivity index (χ4n) is 3.18. The van der Waals surface area contributed by atoms with Gasteiger partial charge in [-0.1, -0.05) is 27.4 Å². The molecule has 0 amide bonds. The molecule has 1 rings (SSSR count). The molecule has 2 unspecified atom stereocenters. The lowest BCUT2D eigenvalue weighted by Crippen LogP contribution is -2.57. The summed E-state index contributed by atoms with van der Waals surface area (Å²) >= 11 is 0. The van der Waals surface area contributed by atoms with Crippen molar-refractivity contribution in [3.8, 4) is 0 Å². The summed E-state index contributed by atoms with van der Waals surface area (Å²) in [6.07, 6.45) is 2.70.